The standard InChI is InChI=1S/C15H24N4O4S/c1-4-12-8-16-15(17-9-12)23-13-6-5-7-19(10-13)14(20)11-18(2)24(3,21)22/h8-9,13H,4-7,10-11H2,1-3H3. The maximum Gasteiger partial charge on any atom is 0.316 e. The van der Waals surface area contributed by atoms with E-state index < -0.39 is 10.0 Å². The van der Waals surface area contributed by atoms with Crippen LogP contribution in [-0.4, -0.2) is 72.5 Å². The predicted octanol–water partition coefficient (Wildman–Crippen LogP) is 0.300. The van der Waals surface area contributed by atoms with E-state index in [-0.39, 0.29) is 18.6 Å². The van der Waals surface area contributed by atoms with Crippen molar-refractivity contribution in [3.05, 3.63) is 18.0 Å². The van der Waals surface area contributed by atoms with E-state index in [1.165, 1.54) is 7.05 Å². The minimum Gasteiger partial charge on any atom is -0.458 e. The second-order valence-electron chi connectivity index (χ2n) is 5.97. The molecule has 0 saturated carbocycles. The zero-order valence-electron chi connectivity index (χ0n) is 14.3. The van der Waals surface area contributed by atoms with Gasteiger partial charge in [0, 0.05) is 26.0 Å². The number of aromatic nitrogens is 2. The summed E-state index contributed by atoms with van der Waals surface area (Å²) in [5.41, 5.74) is 1.03. The number of likely N-dealkylation sites (tertiary alicyclic amines) is 1. The van der Waals surface area contributed by atoms with Crippen LogP contribution in [0.3, 0.4) is 0 Å². The Balaban J connectivity index is 1.92. The highest BCUT2D eigenvalue weighted by Crippen LogP contribution is 2.16. The van der Waals surface area contributed by atoms with Crippen LogP contribution in [0, 0.1) is 0 Å². The molecule has 134 valence electrons. The fourth-order valence-electron chi connectivity index (χ4n) is 2.40. The van der Waals surface area contributed by atoms with Crippen molar-refractivity contribution in [2.45, 2.75) is 32.3 Å². The van der Waals surface area contributed by atoms with E-state index in [1.54, 1.807) is 17.3 Å². The Morgan fingerprint density at radius 1 is 1.42 bits per heavy atom. The maximum atomic E-state index is 12.3. The number of aryl methyl sites for hydroxylation is 1. The number of likely N-dealkylation sites (N-methyl/N-ethyl adjacent to an activating group) is 1. The summed E-state index contributed by atoms with van der Waals surface area (Å²) in [6.07, 6.45) is 6.83. The minimum atomic E-state index is -3.37. The molecule has 0 aliphatic carbocycles. The van der Waals surface area contributed by atoms with Crippen LogP contribution >= 0.6 is 0 Å². The smallest absolute Gasteiger partial charge is 0.316 e. The zero-order chi connectivity index (χ0) is 17.7. The van der Waals surface area contributed by atoms with Crippen molar-refractivity contribution < 1.29 is 17.9 Å². The molecule has 1 amide bonds. The van der Waals surface area contributed by atoms with E-state index in [2.05, 4.69) is 9.97 Å². The van der Waals surface area contributed by atoms with Crippen molar-refractivity contribution in [2.75, 3.05) is 32.9 Å². The molecule has 1 aromatic heterocycles. The molecule has 1 fully saturated rings. The molecule has 0 N–H and O–H groups in total. The summed E-state index contributed by atoms with van der Waals surface area (Å²) in [5, 5.41) is 0. The number of hydrogen-bond acceptors (Lipinski definition) is 6. The number of amides is 1. The van der Waals surface area contributed by atoms with Crippen LogP contribution in [0.5, 0.6) is 6.01 Å². The summed E-state index contributed by atoms with van der Waals surface area (Å²) < 4.78 is 29.6. The van der Waals surface area contributed by atoms with Gasteiger partial charge >= 0.3 is 6.01 Å². The third-order valence-electron chi connectivity index (χ3n) is 4.02. The van der Waals surface area contributed by atoms with Gasteiger partial charge in [-0.1, -0.05) is 6.92 Å². The summed E-state index contributed by atoms with van der Waals surface area (Å²) in [6, 6.07) is 0.305. The largest absolute Gasteiger partial charge is 0.458 e. The van der Waals surface area contributed by atoms with Gasteiger partial charge in [0.1, 0.15) is 6.10 Å². The van der Waals surface area contributed by atoms with Crippen LogP contribution < -0.4 is 4.74 Å². The number of carbonyl (C=O) groups excluding carboxylic acids is 1. The van der Waals surface area contributed by atoms with Crippen molar-refractivity contribution in [1.82, 2.24) is 19.2 Å². The zero-order valence-corrected chi connectivity index (χ0v) is 15.1. The van der Waals surface area contributed by atoms with E-state index in [9.17, 15) is 13.2 Å². The Morgan fingerprint density at radius 2 is 2.08 bits per heavy atom. The van der Waals surface area contributed by atoms with Crippen LogP contribution in [-0.2, 0) is 21.2 Å². The summed E-state index contributed by atoms with van der Waals surface area (Å²) >= 11 is 0. The first-order chi connectivity index (χ1) is 11.3. The normalized spacial score (nSPS) is 18.7. The van der Waals surface area contributed by atoms with Crippen molar-refractivity contribution >= 4 is 15.9 Å². The lowest BCUT2D eigenvalue weighted by Gasteiger charge is -2.33. The molecule has 1 saturated heterocycles. The Kier molecular flexibility index (Phi) is 6.11. The van der Waals surface area contributed by atoms with Crippen LogP contribution in [0.2, 0.25) is 0 Å². The highest BCUT2D eigenvalue weighted by atomic mass is 32.2. The van der Waals surface area contributed by atoms with Gasteiger partial charge in [0.15, 0.2) is 0 Å². The average molecular weight is 356 g/mol. The average Bonchev–Trinajstić information content (AvgIpc) is 2.55. The molecular formula is C15H24N4O4S. The van der Waals surface area contributed by atoms with Gasteiger partial charge in [-0.2, -0.15) is 4.31 Å². The quantitative estimate of drug-likeness (QED) is 0.728. The lowest BCUT2D eigenvalue weighted by Crippen LogP contribution is -2.48. The second-order valence-corrected chi connectivity index (χ2v) is 8.06. The molecule has 0 bridgehead atoms. The van der Waals surface area contributed by atoms with E-state index in [1.807, 2.05) is 6.92 Å². The highest BCUT2D eigenvalue weighted by Gasteiger charge is 2.27. The van der Waals surface area contributed by atoms with Gasteiger partial charge in [-0.15, -0.1) is 0 Å². The van der Waals surface area contributed by atoms with Gasteiger partial charge in [-0.3, -0.25) is 4.79 Å². The molecule has 8 nitrogen and oxygen atoms in total. The summed E-state index contributed by atoms with van der Waals surface area (Å²) in [7, 11) is -1.97. The first kappa shape index (κ1) is 18.6. The van der Waals surface area contributed by atoms with E-state index in [0.717, 1.165) is 35.4 Å². The third kappa shape index (κ3) is 5.13. The fourth-order valence-corrected chi connectivity index (χ4v) is 2.75. The lowest BCUT2D eigenvalue weighted by atomic mass is 10.1. The molecule has 0 spiro atoms. The van der Waals surface area contributed by atoms with Crippen LogP contribution in [0.4, 0.5) is 0 Å². The summed E-state index contributed by atoms with van der Waals surface area (Å²) in [4.78, 5) is 22.2. The molecule has 1 aromatic rings. The Bertz CT molecular complexity index is 663. The van der Waals surface area contributed by atoms with Crippen molar-refractivity contribution in [1.29, 1.82) is 0 Å². The molecule has 9 heteroatoms. The summed E-state index contributed by atoms with van der Waals surface area (Å²) in [5.74, 6) is -0.224. The van der Waals surface area contributed by atoms with Crippen LogP contribution in [0.25, 0.3) is 0 Å². The van der Waals surface area contributed by atoms with Crippen LogP contribution in [0.15, 0.2) is 12.4 Å². The van der Waals surface area contributed by atoms with E-state index >= 15 is 0 Å². The van der Waals surface area contributed by atoms with Gasteiger partial charge in [-0.05, 0) is 24.8 Å². The Labute approximate surface area is 142 Å². The first-order valence-electron chi connectivity index (χ1n) is 7.96. The van der Waals surface area contributed by atoms with Crippen molar-refractivity contribution in [2.24, 2.45) is 0 Å². The molecule has 24 heavy (non-hydrogen) atoms. The number of sulfonamides is 1. The second kappa shape index (κ2) is 7.89. The van der Waals surface area contributed by atoms with E-state index in [0.29, 0.717) is 19.1 Å². The molecule has 1 aliphatic heterocycles. The Morgan fingerprint density at radius 3 is 2.67 bits per heavy atom. The predicted molar refractivity (Wildman–Crippen MR) is 89.1 cm³/mol. The highest BCUT2D eigenvalue weighted by molar-refractivity contribution is 7.88. The molecule has 1 unspecified atom stereocenters. The Hall–Kier alpha value is -1.74. The van der Waals surface area contributed by atoms with Gasteiger partial charge < -0.3 is 9.64 Å². The third-order valence-corrected chi connectivity index (χ3v) is 5.28. The van der Waals surface area contributed by atoms with Crippen LogP contribution in [0.1, 0.15) is 25.3 Å². The SMILES string of the molecule is CCc1cnc(OC2CCCN(C(=O)CN(C)S(C)(=O)=O)C2)nc1. The topological polar surface area (TPSA) is 92.7 Å². The van der Waals surface area contributed by atoms with Crippen molar-refractivity contribution in [3.63, 3.8) is 0 Å². The van der Waals surface area contributed by atoms with Gasteiger partial charge in [0.2, 0.25) is 15.9 Å². The molecule has 2 rings (SSSR count). The number of hydrogen-bond donors (Lipinski definition) is 0. The van der Waals surface area contributed by atoms with Gasteiger partial charge in [0.25, 0.3) is 0 Å². The van der Waals surface area contributed by atoms with Gasteiger partial charge in [-0.25, -0.2) is 18.4 Å². The number of carbonyl (C=O) groups is 1. The van der Waals surface area contributed by atoms with E-state index in [4.69, 9.17) is 4.74 Å². The van der Waals surface area contributed by atoms with Crippen molar-refractivity contribution in [3.8, 4) is 6.01 Å². The first-order valence-corrected chi connectivity index (χ1v) is 9.81. The molecule has 0 aromatic carbocycles. The molecule has 1 aliphatic rings. The number of ether oxygens (including phenoxy) is 1. The molecular weight excluding hydrogens is 332 g/mol. The minimum absolute atomic E-state index is 0.159. The number of nitrogens with zero attached hydrogens (tertiary/aromatic N) is 4. The maximum absolute atomic E-state index is 12.3. The summed E-state index contributed by atoms with van der Waals surface area (Å²) in [6.45, 7) is 2.88. The fraction of sp³-hybridized carbons (Fsp3) is 0.667. The van der Waals surface area contributed by atoms with Gasteiger partial charge in [0.05, 0.1) is 19.3 Å². The molecule has 1 atom stereocenters. The lowest BCUT2D eigenvalue weighted by molar-refractivity contribution is -0.133. The number of piperidine rings is 1. The monoisotopic (exact) mass is 356 g/mol. The number of rotatable bonds is 6. The molecule has 0 radical (unpaired) electrons. The molecule has 2 heterocycles.